The van der Waals surface area contributed by atoms with E-state index in [0.29, 0.717) is 5.39 Å². The van der Waals surface area contributed by atoms with Gasteiger partial charge < -0.3 is 5.11 Å². The van der Waals surface area contributed by atoms with E-state index in [0.717, 1.165) is 16.5 Å². The molecule has 1 heterocycles. The Balaban J connectivity index is 1.96. The van der Waals surface area contributed by atoms with Crippen LogP contribution < -0.4 is 5.56 Å². The summed E-state index contributed by atoms with van der Waals surface area (Å²) >= 11 is 0. The van der Waals surface area contributed by atoms with E-state index in [4.69, 9.17) is 0 Å². The molecule has 0 amide bonds. The van der Waals surface area contributed by atoms with Crippen molar-refractivity contribution in [3.05, 3.63) is 70.1 Å². The smallest absolute Gasteiger partial charge is 0.274 e. The van der Waals surface area contributed by atoms with Gasteiger partial charge in [-0.3, -0.25) is 4.79 Å². The summed E-state index contributed by atoms with van der Waals surface area (Å²) in [5.41, 5.74) is 1.89. The number of aromatic hydroxyl groups is 1. The topological polar surface area (TPSA) is 55.1 Å². The Morgan fingerprint density at radius 2 is 1.71 bits per heavy atom. The highest BCUT2D eigenvalue weighted by Gasteiger charge is 2.01. The van der Waals surface area contributed by atoms with Crippen LogP contribution in [0.25, 0.3) is 22.9 Å². The molecule has 0 atom stereocenters. The number of phenols is 1. The van der Waals surface area contributed by atoms with E-state index in [1.165, 1.54) is 4.68 Å². The molecule has 3 rings (SSSR count). The Morgan fingerprint density at radius 3 is 2.48 bits per heavy atom. The van der Waals surface area contributed by atoms with Crippen LogP contribution in [-0.2, 0) is 7.05 Å². The van der Waals surface area contributed by atoms with Gasteiger partial charge in [0.2, 0.25) is 0 Å². The van der Waals surface area contributed by atoms with E-state index in [9.17, 15) is 9.90 Å². The van der Waals surface area contributed by atoms with E-state index >= 15 is 0 Å². The molecule has 0 aliphatic heterocycles. The third-order valence-electron chi connectivity index (χ3n) is 3.33. The van der Waals surface area contributed by atoms with Gasteiger partial charge in [0.15, 0.2) is 0 Å². The fourth-order valence-electron chi connectivity index (χ4n) is 2.14. The van der Waals surface area contributed by atoms with E-state index in [1.807, 2.05) is 42.5 Å². The van der Waals surface area contributed by atoms with Crippen molar-refractivity contribution in [3.63, 3.8) is 0 Å². The summed E-state index contributed by atoms with van der Waals surface area (Å²) in [6, 6.07) is 12.6. The molecule has 0 aliphatic rings. The lowest BCUT2D eigenvalue weighted by atomic mass is 10.1. The molecule has 1 N–H and O–H groups in total. The largest absolute Gasteiger partial charge is 0.508 e. The number of aromatic nitrogens is 2. The number of benzene rings is 2. The first kappa shape index (κ1) is 13.1. The quantitative estimate of drug-likeness (QED) is 0.733. The average Bonchev–Trinajstić information content (AvgIpc) is 2.50. The molecule has 104 valence electrons. The van der Waals surface area contributed by atoms with Gasteiger partial charge in [-0.1, -0.05) is 30.4 Å². The molecule has 0 bridgehead atoms. The Labute approximate surface area is 121 Å². The lowest BCUT2D eigenvalue weighted by Crippen LogP contribution is -2.18. The van der Waals surface area contributed by atoms with Crippen molar-refractivity contribution in [2.24, 2.45) is 7.05 Å². The van der Waals surface area contributed by atoms with Gasteiger partial charge >= 0.3 is 0 Å². The maximum absolute atomic E-state index is 11.9. The molecule has 0 unspecified atom stereocenters. The number of rotatable bonds is 2. The summed E-state index contributed by atoms with van der Waals surface area (Å²) < 4.78 is 1.33. The van der Waals surface area contributed by atoms with Crippen LogP contribution in [0.15, 0.2) is 53.5 Å². The zero-order valence-electron chi connectivity index (χ0n) is 11.5. The van der Waals surface area contributed by atoms with Crippen molar-refractivity contribution in [2.75, 3.05) is 0 Å². The zero-order chi connectivity index (χ0) is 14.8. The number of nitrogens with zero attached hydrogens (tertiary/aromatic N) is 2. The predicted molar refractivity (Wildman–Crippen MR) is 84.0 cm³/mol. The van der Waals surface area contributed by atoms with Crippen molar-refractivity contribution < 1.29 is 5.11 Å². The summed E-state index contributed by atoms with van der Waals surface area (Å²) in [5.74, 6) is 0.250. The van der Waals surface area contributed by atoms with Crippen LogP contribution in [0, 0.1) is 0 Å². The fourth-order valence-corrected chi connectivity index (χ4v) is 2.14. The summed E-state index contributed by atoms with van der Waals surface area (Å²) in [7, 11) is 1.64. The van der Waals surface area contributed by atoms with Gasteiger partial charge in [0, 0.05) is 12.4 Å². The minimum Gasteiger partial charge on any atom is -0.508 e. The van der Waals surface area contributed by atoms with Crippen molar-refractivity contribution in [3.8, 4) is 5.75 Å². The first-order valence-electron chi connectivity index (χ1n) is 6.57. The van der Waals surface area contributed by atoms with Crippen LogP contribution in [0.3, 0.4) is 0 Å². The molecule has 3 aromatic rings. The molecule has 4 heteroatoms. The molecule has 0 radical (unpaired) electrons. The monoisotopic (exact) mass is 278 g/mol. The van der Waals surface area contributed by atoms with E-state index in [2.05, 4.69) is 5.10 Å². The first-order valence-corrected chi connectivity index (χ1v) is 6.57. The molecule has 21 heavy (non-hydrogen) atoms. The normalized spacial score (nSPS) is 11.3. The highest BCUT2D eigenvalue weighted by atomic mass is 16.3. The third kappa shape index (κ3) is 2.69. The fraction of sp³-hybridized carbons (Fsp3) is 0.0588. The summed E-state index contributed by atoms with van der Waals surface area (Å²) in [6.45, 7) is 0. The maximum atomic E-state index is 11.9. The highest BCUT2D eigenvalue weighted by Crippen LogP contribution is 2.15. The van der Waals surface area contributed by atoms with Crippen LogP contribution in [-0.4, -0.2) is 14.9 Å². The van der Waals surface area contributed by atoms with Crippen LogP contribution in [0.2, 0.25) is 0 Å². The molecule has 0 fully saturated rings. The maximum Gasteiger partial charge on any atom is 0.274 e. The second-order valence-corrected chi connectivity index (χ2v) is 4.84. The van der Waals surface area contributed by atoms with Gasteiger partial charge in [-0.15, -0.1) is 0 Å². The van der Waals surface area contributed by atoms with Crippen molar-refractivity contribution >= 4 is 22.9 Å². The van der Waals surface area contributed by atoms with Crippen molar-refractivity contribution in [1.82, 2.24) is 9.78 Å². The van der Waals surface area contributed by atoms with Gasteiger partial charge in [-0.05, 0) is 35.4 Å². The first-order chi connectivity index (χ1) is 10.1. The molecule has 0 aliphatic carbocycles. The Morgan fingerprint density at radius 1 is 1.05 bits per heavy atom. The van der Waals surface area contributed by atoms with E-state index in [-0.39, 0.29) is 11.3 Å². The minimum atomic E-state index is -0.0958. The molecule has 0 spiro atoms. The number of aryl methyl sites for hydroxylation is 1. The molecule has 4 nitrogen and oxygen atoms in total. The second-order valence-electron chi connectivity index (χ2n) is 4.84. The lowest BCUT2D eigenvalue weighted by Gasteiger charge is -2.01. The number of hydrogen-bond acceptors (Lipinski definition) is 3. The second kappa shape index (κ2) is 5.25. The lowest BCUT2D eigenvalue weighted by molar-refractivity contribution is 0.475. The van der Waals surface area contributed by atoms with Crippen molar-refractivity contribution in [2.45, 2.75) is 0 Å². The predicted octanol–water partition coefficient (Wildman–Crippen LogP) is 2.81. The summed E-state index contributed by atoms with van der Waals surface area (Å²) in [4.78, 5) is 11.9. The van der Waals surface area contributed by atoms with Gasteiger partial charge in [0.25, 0.3) is 5.56 Å². The summed E-state index contributed by atoms with van der Waals surface area (Å²) in [5, 5.41) is 14.8. The molecule has 0 saturated heterocycles. The number of fused-ring (bicyclic) bond motifs is 1. The average molecular weight is 278 g/mol. The molecular weight excluding hydrogens is 264 g/mol. The SMILES string of the molecule is Cn1ncc2cc(/C=C/c3ccc(O)cc3)ccc2c1=O. The zero-order valence-corrected chi connectivity index (χ0v) is 11.5. The Kier molecular flexibility index (Phi) is 3.28. The van der Waals surface area contributed by atoms with E-state index < -0.39 is 0 Å². The third-order valence-corrected chi connectivity index (χ3v) is 3.33. The standard InChI is InChI=1S/C17H14N2O2/c1-19-17(21)16-9-6-13(10-14(16)11-18-19)3-2-12-4-7-15(20)8-5-12/h2-11,20H,1H3/b3-2+. The van der Waals surface area contributed by atoms with Crippen LogP contribution in [0.4, 0.5) is 0 Å². The Bertz CT molecular complexity index is 877. The van der Waals surface area contributed by atoms with Gasteiger partial charge in [-0.25, -0.2) is 4.68 Å². The van der Waals surface area contributed by atoms with Crippen LogP contribution >= 0.6 is 0 Å². The van der Waals surface area contributed by atoms with E-state index in [1.54, 1.807) is 25.4 Å². The van der Waals surface area contributed by atoms with Gasteiger partial charge in [-0.2, -0.15) is 5.10 Å². The summed E-state index contributed by atoms with van der Waals surface area (Å²) in [6.07, 6.45) is 5.60. The number of hydrogen-bond donors (Lipinski definition) is 1. The highest BCUT2D eigenvalue weighted by molar-refractivity contribution is 5.84. The van der Waals surface area contributed by atoms with Gasteiger partial charge in [0.05, 0.1) is 11.6 Å². The van der Waals surface area contributed by atoms with Crippen molar-refractivity contribution in [1.29, 1.82) is 0 Å². The van der Waals surface area contributed by atoms with Crippen LogP contribution in [0.1, 0.15) is 11.1 Å². The molecule has 0 saturated carbocycles. The van der Waals surface area contributed by atoms with Gasteiger partial charge in [0.1, 0.15) is 5.75 Å². The molecule has 1 aromatic heterocycles. The minimum absolute atomic E-state index is 0.0958. The molecular formula is C17H14N2O2. The number of phenolic OH excluding ortho intramolecular Hbond substituents is 1. The van der Waals surface area contributed by atoms with Crippen LogP contribution in [0.5, 0.6) is 5.75 Å². The Hall–Kier alpha value is -2.88. The molecule has 2 aromatic carbocycles.